The van der Waals surface area contributed by atoms with Crippen LogP contribution in [0.3, 0.4) is 0 Å². The van der Waals surface area contributed by atoms with E-state index in [1.165, 1.54) is 0 Å². The lowest BCUT2D eigenvalue weighted by Gasteiger charge is -2.30. The van der Waals surface area contributed by atoms with Crippen molar-refractivity contribution in [2.75, 3.05) is 0 Å². The third-order valence-corrected chi connectivity index (χ3v) is 5.79. The fourth-order valence-corrected chi connectivity index (χ4v) is 3.84. The monoisotopic (exact) mass is 514 g/mol. The van der Waals surface area contributed by atoms with E-state index in [1.54, 1.807) is 22.9 Å². The molecule has 0 aliphatic rings. The van der Waals surface area contributed by atoms with Gasteiger partial charge in [-0.05, 0) is 29.2 Å². The van der Waals surface area contributed by atoms with E-state index in [2.05, 4.69) is 31.9 Å². The molecule has 12 heteroatoms. The van der Waals surface area contributed by atoms with Gasteiger partial charge in [-0.2, -0.15) is 15.3 Å². The minimum absolute atomic E-state index is 0.0682. The summed E-state index contributed by atoms with van der Waals surface area (Å²) < 4.78 is 6.44. The highest BCUT2D eigenvalue weighted by Crippen LogP contribution is 2.23. The van der Waals surface area contributed by atoms with Gasteiger partial charge in [0, 0.05) is 5.39 Å². The lowest BCUT2D eigenvalue weighted by Crippen LogP contribution is -2.53. The van der Waals surface area contributed by atoms with E-state index in [4.69, 9.17) is 15.5 Å². The summed E-state index contributed by atoms with van der Waals surface area (Å²) in [5, 5.41) is 23.3. The average Bonchev–Trinajstić information content (AvgIpc) is 3.51. The molecule has 0 aliphatic carbocycles. The summed E-state index contributed by atoms with van der Waals surface area (Å²) in [6.07, 6.45) is 0. The maximum atomic E-state index is 13.4. The van der Waals surface area contributed by atoms with Crippen molar-refractivity contribution >= 4 is 28.6 Å². The molecule has 0 bridgehead atoms. The van der Waals surface area contributed by atoms with Crippen molar-refractivity contribution in [3.8, 4) is 6.07 Å². The van der Waals surface area contributed by atoms with Crippen LogP contribution in [-0.2, 0) is 17.9 Å². The third kappa shape index (κ3) is 5.67. The molecule has 0 saturated heterocycles. The van der Waals surface area contributed by atoms with Gasteiger partial charge in [0.2, 0.25) is 5.91 Å². The number of carbonyl (C=O) groups is 3. The van der Waals surface area contributed by atoms with Crippen molar-refractivity contribution in [2.24, 2.45) is 11.1 Å². The minimum Gasteiger partial charge on any atom is -0.361 e. The number of benzene rings is 2. The fraction of sp³-hybridized carbons (Fsp3) is 0.269. The number of fused-ring (bicyclic) bond motifs is 1. The zero-order valence-corrected chi connectivity index (χ0v) is 21.1. The van der Waals surface area contributed by atoms with Gasteiger partial charge in [0.05, 0.1) is 30.2 Å². The molecule has 12 nitrogen and oxygen atoms in total. The number of nitrogens with zero attached hydrogens (tertiary/aromatic N) is 5. The Morgan fingerprint density at radius 1 is 1.13 bits per heavy atom. The van der Waals surface area contributed by atoms with E-state index in [9.17, 15) is 14.4 Å². The van der Waals surface area contributed by atoms with E-state index in [0.717, 1.165) is 11.1 Å². The van der Waals surface area contributed by atoms with Gasteiger partial charge in [-0.3, -0.25) is 19.1 Å². The predicted octanol–water partition coefficient (Wildman–Crippen LogP) is 1.90. The number of para-hydroxylation sites is 1. The number of hydrogen-bond donors (Lipinski definition) is 3. The Bertz CT molecular complexity index is 1540. The molecule has 3 amide bonds. The molecule has 1 atom stereocenters. The van der Waals surface area contributed by atoms with Crippen LogP contribution in [0.2, 0.25) is 0 Å². The summed E-state index contributed by atoms with van der Waals surface area (Å²) in [5.41, 5.74) is 6.85. The van der Waals surface area contributed by atoms with Crippen LogP contribution in [-0.4, -0.2) is 43.7 Å². The Balaban J connectivity index is 1.54. The van der Waals surface area contributed by atoms with Crippen LogP contribution in [0, 0.1) is 16.7 Å². The summed E-state index contributed by atoms with van der Waals surface area (Å²) in [6.45, 7) is 5.72. The van der Waals surface area contributed by atoms with E-state index in [1.807, 2.05) is 51.1 Å². The number of nitrogens with two attached hydrogens (primary N) is 1. The highest BCUT2D eigenvalue weighted by atomic mass is 16.5. The van der Waals surface area contributed by atoms with Crippen LogP contribution in [0.25, 0.3) is 10.9 Å². The summed E-state index contributed by atoms with van der Waals surface area (Å²) in [4.78, 5) is 41.5. The molecule has 0 fully saturated rings. The van der Waals surface area contributed by atoms with Crippen LogP contribution in [0.1, 0.15) is 58.9 Å². The number of rotatable bonds is 8. The van der Waals surface area contributed by atoms with E-state index >= 15 is 0 Å². The molecular formula is C26H26N8O4. The first kappa shape index (κ1) is 26.0. The Morgan fingerprint density at radius 2 is 1.84 bits per heavy atom. The molecule has 2 aromatic heterocycles. The van der Waals surface area contributed by atoms with Gasteiger partial charge in [0.1, 0.15) is 6.04 Å². The maximum absolute atomic E-state index is 13.4. The second kappa shape index (κ2) is 10.5. The summed E-state index contributed by atoms with van der Waals surface area (Å²) in [7, 11) is 0. The molecule has 4 rings (SSSR count). The first-order chi connectivity index (χ1) is 18.1. The topological polar surface area (TPSA) is 182 Å². The summed E-state index contributed by atoms with van der Waals surface area (Å²) >= 11 is 0. The first-order valence-electron chi connectivity index (χ1n) is 11.7. The van der Waals surface area contributed by atoms with Gasteiger partial charge in [-0.1, -0.05) is 56.3 Å². The number of carbonyl (C=O) groups excluding carboxylic acids is 3. The van der Waals surface area contributed by atoms with Gasteiger partial charge in [0.15, 0.2) is 11.5 Å². The lowest BCUT2D eigenvalue weighted by molar-refractivity contribution is -0.125. The van der Waals surface area contributed by atoms with Gasteiger partial charge in [-0.25, -0.2) is 0 Å². The van der Waals surface area contributed by atoms with Crippen molar-refractivity contribution in [1.29, 1.82) is 5.26 Å². The van der Waals surface area contributed by atoms with E-state index in [-0.39, 0.29) is 24.0 Å². The molecule has 0 aliphatic heterocycles. The average molecular weight is 515 g/mol. The normalized spacial score (nSPS) is 12.1. The zero-order chi connectivity index (χ0) is 27.4. The maximum Gasteiger partial charge on any atom is 0.315 e. The zero-order valence-electron chi connectivity index (χ0n) is 21.1. The van der Waals surface area contributed by atoms with Crippen molar-refractivity contribution in [1.82, 2.24) is 30.6 Å². The molecular weight excluding hydrogens is 488 g/mol. The number of nitrogens with one attached hydrogen (secondary N) is 2. The van der Waals surface area contributed by atoms with Gasteiger partial charge < -0.3 is 20.9 Å². The molecule has 38 heavy (non-hydrogen) atoms. The lowest BCUT2D eigenvalue weighted by atomic mass is 9.86. The molecule has 0 radical (unpaired) electrons. The van der Waals surface area contributed by atoms with Crippen molar-refractivity contribution < 1.29 is 18.9 Å². The van der Waals surface area contributed by atoms with Crippen molar-refractivity contribution in [3.63, 3.8) is 0 Å². The van der Waals surface area contributed by atoms with E-state index in [0.29, 0.717) is 17.5 Å². The van der Waals surface area contributed by atoms with Crippen LogP contribution < -0.4 is 16.4 Å². The first-order valence-corrected chi connectivity index (χ1v) is 11.7. The van der Waals surface area contributed by atoms with Gasteiger partial charge >= 0.3 is 11.8 Å². The standard InChI is InChI=1S/C26H26N8O4/c1-26(2,3)21(24(37)29-13-19-30-25(22(28)35)38-33-19)31-23(36)20-17-6-4-5-7-18(17)34(32-20)14-16-10-8-15(12-27)9-11-16/h4-11,21H,13-14H2,1-3H3,(H2,28,35)(H,29,37)(H,31,36). The molecule has 194 valence electrons. The number of amides is 3. The molecule has 0 spiro atoms. The summed E-state index contributed by atoms with van der Waals surface area (Å²) in [6, 6.07) is 15.6. The third-order valence-electron chi connectivity index (χ3n) is 5.79. The predicted molar refractivity (Wildman–Crippen MR) is 135 cm³/mol. The van der Waals surface area contributed by atoms with Crippen LogP contribution in [0.15, 0.2) is 53.1 Å². The van der Waals surface area contributed by atoms with Crippen LogP contribution in [0.5, 0.6) is 0 Å². The number of aromatic nitrogens is 4. The summed E-state index contributed by atoms with van der Waals surface area (Å²) in [5.74, 6) is -2.15. The van der Waals surface area contributed by atoms with Crippen molar-refractivity contribution in [3.05, 3.63) is 77.1 Å². The van der Waals surface area contributed by atoms with Crippen LogP contribution in [0.4, 0.5) is 0 Å². The molecule has 4 aromatic rings. The largest absolute Gasteiger partial charge is 0.361 e. The Hall–Kier alpha value is -5.05. The highest BCUT2D eigenvalue weighted by Gasteiger charge is 2.34. The SMILES string of the molecule is CC(C)(C)C(NC(=O)c1nn(Cc2ccc(C#N)cc2)c2ccccc12)C(=O)NCc1noc(C(N)=O)n1. The number of primary amides is 1. The molecule has 2 heterocycles. The number of nitriles is 1. The van der Waals surface area contributed by atoms with Gasteiger partial charge in [0.25, 0.3) is 5.91 Å². The smallest absolute Gasteiger partial charge is 0.315 e. The Kier molecular flexibility index (Phi) is 7.20. The molecule has 2 aromatic carbocycles. The minimum atomic E-state index is -0.931. The van der Waals surface area contributed by atoms with Gasteiger partial charge in [-0.15, -0.1) is 0 Å². The molecule has 1 unspecified atom stereocenters. The Labute approximate surface area is 217 Å². The Morgan fingerprint density at radius 3 is 2.47 bits per heavy atom. The van der Waals surface area contributed by atoms with E-state index < -0.39 is 29.2 Å². The quantitative estimate of drug-likeness (QED) is 0.318. The molecule has 4 N–H and O–H groups in total. The fourth-order valence-electron chi connectivity index (χ4n) is 3.84. The van der Waals surface area contributed by atoms with Crippen LogP contribution >= 0.6 is 0 Å². The number of hydrogen-bond acceptors (Lipinski definition) is 8. The second-order valence-corrected chi connectivity index (χ2v) is 9.70. The second-order valence-electron chi connectivity index (χ2n) is 9.70. The molecule has 0 saturated carbocycles. The highest BCUT2D eigenvalue weighted by molar-refractivity contribution is 6.06. The van der Waals surface area contributed by atoms with Crippen molar-refractivity contribution in [2.45, 2.75) is 39.9 Å².